The van der Waals surface area contributed by atoms with Crippen LogP contribution in [-0.4, -0.2) is 39.5 Å². The first-order chi connectivity index (χ1) is 9.72. The third kappa shape index (κ3) is 2.86. The van der Waals surface area contributed by atoms with E-state index >= 15 is 0 Å². The van der Waals surface area contributed by atoms with Crippen molar-refractivity contribution < 1.29 is 0 Å². The summed E-state index contributed by atoms with van der Waals surface area (Å²) in [5.74, 6) is 1.80. The van der Waals surface area contributed by atoms with Crippen molar-refractivity contribution in [2.75, 3.05) is 13.1 Å². The number of nitrogens with zero attached hydrogens (tertiary/aromatic N) is 3. The highest BCUT2D eigenvalue weighted by Gasteiger charge is 2.48. The average molecular weight is 274 g/mol. The maximum atomic E-state index is 4.42. The summed E-state index contributed by atoms with van der Waals surface area (Å²) in [6, 6.07) is 2.51. The van der Waals surface area contributed by atoms with Gasteiger partial charge in [0.25, 0.3) is 0 Å². The summed E-state index contributed by atoms with van der Waals surface area (Å²) >= 11 is 0. The van der Waals surface area contributed by atoms with E-state index in [-0.39, 0.29) is 5.54 Å². The molecule has 1 N–H and O–H groups in total. The van der Waals surface area contributed by atoms with Crippen LogP contribution in [0.3, 0.4) is 0 Å². The molecular weight excluding hydrogens is 248 g/mol. The second kappa shape index (κ2) is 5.78. The molecule has 0 radical (unpaired) electrons. The number of piperazine rings is 1. The van der Waals surface area contributed by atoms with Crippen LogP contribution in [0.5, 0.6) is 0 Å². The molecule has 110 valence electrons. The first-order valence-corrected chi connectivity index (χ1v) is 7.96. The smallest absolute Gasteiger partial charge is 0.142 e. The largest absolute Gasteiger partial charge is 0.311 e. The van der Waals surface area contributed by atoms with Gasteiger partial charge in [-0.2, -0.15) is 0 Å². The molecule has 1 saturated carbocycles. The zero-order chi connectivity index (χ0) is 14.0. The normalized spacial score (nSPS) is 31.4. The van der Waals surface area contributed by atoms with Crippen LogP contribution in [0.4, 0.5) is 0 Å². The van der Waals surface area contributed by atoms with Gasteiger partial charge in [0.1, 0.15) is 5.82 Å². The lowest BCUT2D eigenvalue weighted by Crippen LogP contribution is -2.64. The van der Waals surface area contributed by atoms with Crippen molar-refractivity contribution in [3.63, 3.8) is 0 Å². The van der Waals surface area contributed by atoms with E-state index in [2.05, 4.69) is 34.0 Å². The standard InChI is InChI=1S/C16H26N4/c1-3-5-14-10-20(11-15-17-8-4-9-18-15)16(2,12-19-14)13-6-7-13/h4,8-9,13-14,19H,3,5-7,10-12H2,1-2H3. The molecule has 0 bridgehead atoms. The SMILES string of the molecule is CCCC1CN(Cc2ncccn2)C(C)(C2CC2)CN1. The minimum Gasteiger partial charge on any atom is -0.311 e. The second-order valence-corrected chi connectivity index (χ2v) is 6.54. The molecule has 2 unspecified atom stereocenters. The third-order valence-electron chi connectivity index (χ3n) is 4.96. The van der Waals surface area contributed by atoms with E-state index in [1.165, 1.54) is 25.7 Å². The fraction of sp³-hybridized carbons (Fsp3) is 0.750. The van der Waals surface area contributed by atoms with Crippen LogP contribution >= 0.6 is 0 Å². The van der Waals surface area contributed by atoms with E-state index in [0.717, 1.165) is 31.4 Å². The minimum absolute atomic E-state index is 0.281. The van der Waals surface area contributed by atoms with Crippen molar-refractivity contribution in [3.05, 3.63) is 24.3 Å². The van der Waals surface area contributed by atoms with Gasteiger partial charge in [0.15, 0.2) is 0 Å². The molecular formula is C16H26N4. The first-order valence-electron chi connectivity index (χ1n) is 7.96. The van der Waals surface area contributed by atoms with Gasteiger partial charge in [0.2, 0.25) is 0 Å². The molecule has 0 aromatic carbocycles. The minimum atomic E-state index is 0.281. The number of hydrogen-bond acceptors (Lipinski definition) is 4. The zero-order valence-corrected chi connectivity index (χ0v) is 12.7. The van der Waals surface area contributed by atoms with Crippen LogP contribution in [0.1, 0.15) is 45.4 Å². The maximum absolute atomic E-state index is 4.42. The fourth-order valence-electron chi connectivity index (χ4n) is 3.48. The Balaban J connectivity index is 1.74. The molecule has 1 aromatic heterocycles. The number of rotatable bonds is 5. The van der Waals surface area contributed by atoms with Gasteiger partial charge in [-0.25, -0.2) is 9.97 Å². The Labute approximate surface area is 122 Å². The van der Waals surface area contributed by atoms with Gasteiger partial charge in [0, 0.05) is 37.1 Å². The van der Waals surface area contributed by atoms with E-state index in [4.69, 9.17) is 0 Å². The maximum Gasteiger partial charge on any atom is 0.142 e. The van der Waals surface area contributed by atoms with Crippen molar-refractivity contribution in [2.24, 2.45) is 5.92 Å². The van der Waals surface area contributed by atoms with Gasteiger partial charge in [-0.3, -0.25) is 4.90 Å². The molecule has 20 heavy (non-hydrogen) atoms. The van der Waals surface area contributed by atoms with Gasteiger partial charge in [-0.1, -0.05) is 13.3 Å². The van der Waals surface area contributed by atoms with Crippen LogP contribution < -0.4 is 5.32 Å². The van der Waals surface area contributed by atoms with Gasteiger partial charge < -0.3 is 5.32 Å². The highest BCUT2D eigenvalue weighted by molar-refractivity contribution is 5.06. The molecule has 1 aromatic rings. The van der Waals surface area contributed by atoms with E-state index in [1.54, 1.807) is 0 Å². The molecule has 2 atom stereocenters. The Kier molecular flexibility index (Phi) is 4.03. The Bertz CT molecular complexity index is 431. The summed E-state index contributed by atoms with van der Waals surface area (Å²) in [5, 5.41) is 3.77. The molecule has 2 fully saturated rings. The van der Waals surface area contributed by atoms with Crippen LogP contribution in [-0.2, 0) is 6.54 Å². The van der Waals surface area contributed by atoms with E-state index in [0.29, 0.717) is 6.04 Å². The molecule has 2 heterocycles. The lowest BCUT2D eigenvalue weighted by Gasteiger charge is -2.48. The summed E-state index contributed by atoms with van der Waals surface area (Å²) in [6.07, 6.45) is 8.96. The lowest BCUT2D eigenvalue weighted by molar-refractivity contribution is 0.0239. The zero-order valence-electron chi connectivity index (χ0n) is 12.7. The molecule has 4 nitrogen and oxygen atoms in total. The number of aromatic nitrogens is 2. The topological polar surface area (TPSA) is 41.1 Å². The highest BCUT2D eigenvalue weighted by Crippen LogP contribution is 2.44. The molecule has 1 aliphatic heterocycles. The predicted molar refractivity (Wildman–Crippen MR) is 80.3 cm³/mol. The monoisotopic (exact) mass is 274 g/mol. The van der Waals surface area contributed by atoms with Gasteiger partial charge in [-0.15, -0.1) is 0 Å². The van der Waals surface area contributed by atoms with E-state index < -0.39 is 0 Å². The number of nitrogens with one attached hydrogen (secondary N) is 1. The van der Waals surface area contributed by atoms with Crippen LogP contribution in [0.2, 0.25) is 0 Å². The highest BCUT2D eigenvalue weighted by atomic mass is 15.3. The Morgan fingerprint density at radius 1 is 1.35 bits per heavy atom. The van der Waals surface area contributed by atoms with E-state index in [9.17, 15) is 0 Å². The molecule has 1 aliphatic carbocycles. The van der Waals surface area contributed by atoms with Gasteiger partial charge >= 0.3 is 0 Å². The van der Waals surface area contributed by atoms with E-state index in [1.807, 2.05) is 18.5 Å². The molecule has 0 spiro atoms. The van der Waals surface area contributed by atoms with Crippen molar-refractivity contribution in [2.45, 2.75) is 57.7 Å². The Hall–Kier alpha value is -1.00. The molecule has 1 saturated heterocycles. The summed E-state index contributed by atoms with van der Waals surface area (Å²) in [7, 11) is 0. The molecule has 4 heteroatoms. The fourth-order valence-corrected chi connectivity index (χ4v) is 3.48. The average Bonchev–Trinajstić information content (AvgIpc) is 3.29. The summed E-state index contributed by atoms with van der Waals surface area (Å²) < 4.78 is 0. The summed E-state index contributed by atoms with van der Waals surface area (Å²) in [5.41, 5.74) is 0.281. The second-order valence-electron chi connectivity index (χ2n) is 6.54. The quantitative estimate of drug-likeness (QED) is 0.894. The van der Waals surface area contributed by atoms with Crippen molar-refractivity contribution in [1.82, 2.24) is 20.2 Å². The number of hydrogen-bond donors (Lipinski definition) is 1. The van der Waals surface area contributed by atoms with Crippen molar-refractivity contribution in [3.8, 4) is 0 Å². The van der Waals surface area contributed by atoms with Crippen LogP contribution in [0.25, 0.3) is 0 Å². The molecule has 0 amide bonds. The predicted octanol–water partition coefficient (Wildman–Crippen LogP) is 2.22. The van der Waals surface area contributed by atoms with Gasteiger partial charge in [-0.05, 0) is 38.2 Å². The molecule has 2 aliphatic rings. The molecule has 3 rings (SSSR count). The first kappa shape index (κ1) is 14.0. The Morgan fingerprint density at radius 3 is 2.75 bits per heavy atom. The Morgan fingerprint density at radius 2 is 2.10 bits per heavy atom. The lowest BCUT2D eigenvalue weighted by atomic mass is 9.88. The van der Waals surface area contributed by atoms with Gasteiger partial charge in [0.05, 0.1) is 6.54 Å². The van der Waals surface area contributed by atoms with Crippen LogP contribution in [0, 0.1) is 5.92 Å². The third-order valence-corrected chi connectivity index (χ3v) is 4.96. The van der Waals surface area contributed by atoms with Crippen LogP contribution in [0.15, 0.2) is 18.5 Å². The van der Waals surface area contributed by atoms with Crippen molar-refractivity contribution in [1.29, 1.82) is 0 Å². The summed E-state index contributed by atoms with van der Waals surface area (Å²) in [6.45, 7) is 7.80. The van der Waals surface area contributed by atoms with Crippen molar-refractivity contribution >= 4 is 0 Å². The summed E-state index contributed by atoms with van der Waals surface area (Å²) in [4.78, 5) is 11.5.